The fourth-order valence-electron chi connectivity index (χ4n) is 4.49. The number of hydrogen-bond acceptors (Lipinski definition) is 8. The standard InChI is InChI=1S/C25H22ClN7O3/c26-18-5-3-16(4-6-18)15-32-20-13-19(31-8-10-36-11-9-31)14-28-22(20)23-30-29-21(33(23)25(32)35)12-17-2-1-7-27-24(17)34/h1-7,13-14H,8-12,15H2,(H,27,34). The zero-order valence-corrected chi connectivity index (χ0v) is 20.0. The monoisotopic (exact) mass is 503 g/mol. The van der Waals surface area contributed by atoms with Crippen LogP contribution in [0, 0.1) is 0 Å². The van der Waals surface area contributed by atoms with Crippen molar-refractivity contribution in [2.75, 3.05) is 31.2 Å². The van der Waals surface area contributed by atoms with Crippen LogP contribution in [0.1, 0.15) is 17.0 Å². The van der Waals surface area contributed by atoms with Gasteiger partial charge in [0.05, 0.1) is 37.2 Å². The summed E-state index contributed by atoms with van der Waals surface area (Å²) in [5, 5.41) is 19.4. The largest absolute Gasteiger partial charge is 0.493 e. The number of nitrogens with zero attached hydrogens (tertiary/aromatic N) is 7. The zero-order valence-electron chi connectivity index (χ0n) is 19.2. The molecule has 1 fully saturated rings. The highest BCUT2D eigenvalue weighted by atomic mass is 35.5. The Balaban J connectivity index is 1.55. The molecule has 36 heavy (non-hydrogen) atoms. The van der Waals surface area contributed by atoms with Gasteiger partial charge in [-0.05, 0) is 29.8 Å². The molecule has 182 valence electrons. The molecule has 5 aromatic rings. The molecule has 0 atom stereocenters. The van der Waals surface area contributed by atoms with Crippen molar-refractivity contribution in [3.8, 4) is 5.88 Å². The highest BCUT2D eigenvalue weighted by Crippen LogP contribution is 2.24. The number of fused-ring (bicyclic) bond motifs is 3. The molecule has 1 aromatic carbocycles. The minimum Gasteiger partial charge on any atom is -0.493 e. The van der Waals surface area contributed by atoms with Gasteiger partial charge in [-0.3, -0.25) is 4.57 Å². The lowest BCUT2D eigenvalue weighted by molar-refractivity contribution is 0.122. The van der Waals surface area contributed by atoms with Crippen LogP contribution in [0.4, 0.5) is 5.69 Å². The molecule has 0 bridgehead atoms. The lowest BCUT2D eigenvalue weighted by Crippen LogP contribution is -2.36. The van der Waals surface area contributed by atoms with Crippen LogP contribution < -0.4 is 10.6 Å². The first kappa shape index (κ1) is 22.4. The molecule has 0 spiro atoms. The second-order valence-corrected chi connectivity index (χ2v) is 9.03. The Hall–Kier alpha value is -4.02. The average Bonchev–Trinajstić information content (AvgIpc) is 3.33. The van der Waals surface area contributed by atoms with E-state index in [0.717, 1.165) is 24.3 Å². The van der Waals surface area contributed by atoms with Crippen LogP contribution in [0.5, 0.6) is 5.88 Å². The molecule has 4 aromatic heterocycles. The molecule has 1 saturated heterocycles. The molecule has 0 aliphatic carbocycles. The summed E-state index contributed by atoms with van der Waals surface area (Å²) in [5.41, 5.74) is 3.68. The third-order valence-corrected chi connectivity index (χ3v) is 6.61. The van der Waals surface area contributed by atoms with E-state index < -0.39 is 0 Å². The minimum absolute atomic E-state index is 0.107. The number of hydrogen-bond donors (Lipinski definition) is 1. The number of aromatic hydroxyl groups is 1. The van der Waals surface area contributed by atoms with Gasteiger partial charge in [0.1, 0.15) is 11.3 Å². The molecule has 0 unspecified atom stereocenters. The van der Waals surface area contributed by atoms with Gasteiger partial charge in [0, 0.05) is 36.3 Å². The van der Waals surface area contributed by atoms with Gasteiger partial charge in [0.15, 0.2) is 5.65 Å². The second kappa shape index (κ2) is 9.21. The van der Waals surface area contributed by atoms with E-state index in [2.05, 4.69) is 20.1 Å². The van der Waals surface area contributed by atoms with Gasteiger partial charge in [-0.25, -0.2) is 19.2 Å². The van der Waals surface area contributed by atoms with E-state index in [4.69, 9.17) is 21.3 Å². The van der Waals surface area contributed by atoms with Crippen molar-refractivity contribution in [3.05, 3.63) is 87.3 Å². The lowest BCUT2D eigenvalue weighted by atomic mass is 10.2. The summed E-state index contributed by atoms with van der Waals surface area (Å²) in [4.78, 5) is 24.8. The molecule has 6 rings (SSSR count). The van der Waals surface area contributed by atoms with E-state index >= 15 is 0 Å². The van der Waals surface area contributed by atoms with Crippen molar-refractivity contribution >= 4 is 34.0 Å². The average molecular weight is 504 g/mol. The molecule has 11 heteroatoms. The van der Waals surface area contributed by atoms with Crippen LogP contribution in [0.3, 0.4) is 0 Å². The summed E-state index contributed by atoms with van der Waals surface area (Å²) in [6.45, 7) is 3.10. The Bertz CT molecular complexity index is 1630. The number of pyridine rings is 2. The van der Waals surface area contributed by atoms with E-state index in [-0.39, 0.29) is 18.0 Å². The van der Waals surface area contributed by atoms with Crippen LogP contribution in [0.2, 0.25) is 5.02 Å². The van der Waals surface area contributed by atoms with Crippen LogP contribution in [0.25, 0.3) is 16.7 Å². The van der Waals surface area contributed by atoms with Crippen molar-refractivity contribution in [2.45, 2.75) is 13.0 Å². The summed E-state index contributed by atoms with van der Waals surface area (Å²) in [6, 6.07) is 12.8. The zero-order chi connectivity index (χ0) is 24.6. The lowest BCUT2D eigenvalue weighted by Gasteiger charge is -2.28. The van der Waals surface area contributed by atoms with E-state index in [0.29, 0.717) is 52.8 Å². The predicted octanol–water partition coefficient (Wildman–Crippen LogP) is 2.67. The van der Waals surface area contributed by atoms with E-state index in [1.807, 2.05) is 18.2 Å². The Morgan fingerprint density at radius 1 is 1.06 bits per heavy atom. The highest BCUT2D eigenvalue weighted by molar-refractivity contribution is 6.30. The maximum absolute atomic E-state index is 13.9. The highest BCUT2D eigenvalue weighted by Gasteiger charge is 2.21. The summed E-state index contributed by atoms with van der Waals surface area (Å²) < 4.78 is 8.63. The molecule has 0 saturated carbocycles. The number of ether oxygens (including phenoxy) is 1. The molecule has 1 aliphatic rings. The Morgan fingerprint density at radius 3 is 2.64 bits per heavy atom. The third-order valence-electron chi connectivity index (χ3n) is 6.35. The number of benzene rings is 1. The normalized spacial score (nSPS) is 14.1. The van der Waals surface area contributed by atoms with Gasteiger partial charge in [0.2, 0.25) is 5.88 Å². The second-order valence-electron chi connectivity index (χ2n) is 8.59. The van der Waals surface area contributed by atoms with Crippen LogP contribution in [-0.4, -0.2) is 60.5 Å². The number of halogens is 1. The minimum atomic E-state index is -0.295. The first-order valence-electron chi connectivity index (χ1n) is 11.5. The van der Waals surface area contributed by atoms with Gasteiger partial charge >= 0.3 is 5.69 Å². The van der Waals surface area contributed by atoms with Gasteiger partial charge in [-0.15, -0.1) is 10.2 Å². The maximum Gasteiger partial charge on any atom is 0.336 e. The van der Waals surface area contributed by atoms with Crippen LogP contribution in [-0.2, 0) is 17.7 Å². The first-order valence-corrected chi connectivity index (χ1v) is 11.9. The Morgan fingerprint density at radius 2 is 1.86 bits per heavy atom. The molecular formula is C25H22ClN7O3. The van der Waals surface area contributed by atoms with E-state index in [9.17, 15) is 9.90 Å². The maximum atomic E-state index is 13.9. The van der Waals surface area contributed by atoms with Crippen LogP contribution >= 0.6 is 11.6 Å². The Labute approximate surface area is 210 Å². The van der Waals surface area contributed by atoms with Crippen molar-refractivity contribution in [3.63, 3.8) is 0 Å². The molecule has 1 N–H and O–H groups in total. The van der Waals surface area contributed by atoms with Gasteiger partial charge in [-0.2, -0.15) is 0 Å². The van der Waals surface area contributed by atoms with Crippen molar-refractivity contribution < 1.29 is 9.84 Å². The SMILES string of the molecule is O=c1n(Cc2ccc(Cl)cc2)c2cc(N3CCOCC3)cnc2c2nnc(Cc3cccnc3O)n12. The fraction of sp³-hybridized carbons (Fsp3) is 0.240. The van der Waals surface area contributed by atoms with Gasteiger partial charge in [-0.1, -0.05) is 29.8 Å². The molecule has 5 heterocycles. The fourth-order valence-corrected chi connectivity index (χ4v) is 4.61. The molecule has 1 aliphatic heterocycles. The van der Waals surface area contributed by atoms with Gasteiger partial charge in [0.25, 0.3) is 0 Å². The first-order chi connectivity index (χ1) is 17.6. The van der Waals surface area contributed by atoms with Crippen molar-refractivity contribution in [1.29, 1.82) is 0 Å². The van der Waals surface area contributed by atoms with Crippen molar-refractivity contribution in [1.82, 2.24) is 29.1 Å². The van der Waals surface area contributed by atoms with E-state index in [1.165, 1.54) is 10.6 Å². The topological polar surface area (TPSA) is 111 Å². The Kier molecular flexibility index (Phi) is 5.74. The molecule has 10 nitrogen and oxygen atoms in total. The number of rotatable bonds is 5. The molecule has 0 amide bonds. The quantitative estimate of drug-likeness (QED) is 0.390. The predicted molar refractivity (Wildman–Crippen MR) is 135 cm³/mol. The third kappa shape index (κ3) is 4.04. The number of morpholine rings is 1. The summed E-state index contributed by atoms with van der Waals surface area (Å²) in [6.07, 6.45) is 3.49. The van der Waals surface area contributed by atoms with Crippen LogP contribution in [0.15, 0.2) is 59.7 Å². The van der Waals surface area contributed by atoms with E-state index in [1.54, 1.807) is 35.0 Å². The van der Waals surface area contributed by atoms with Crippen molar-refractivity contribution in [2.24, 2.45) is 0 Å². The smallest absolute Gasteiger partial charge is 0.336 e. The number of aromatic nitrogens is 6. The molecule has 0 radical (unpaired) electrons. The molecular weight excluding hydrogens is 482 g/mol. The summed E-state index contributed by atoms with van der Waals surface area (Å²) >= 11 is 6.08. The van der Waals surface area contributed by atoms with Gasteiger partial charge < -0.3 is 14.7 Å². The number of anilines is 1. The summed E-state index contributed by atoms with van der Waals surface area (Å²) in [7, 11) is 0. The summed E-state index contributed by atoms with van der Waals surface area (Å²) in [5.74, 6) is 0.286.